The minimum atomic E-state index is -0.414. The Labute approximate surface area is 90.8 Å². The van der Waals surface area contributed by atoms with Gasteiger partial charge in [0.1, 0.15) is 5.60 Å². The predicted octanol–water partition coefficient (Wildman–Crippen LogP) is 1.34. The zero-order valence-corrected chi connectivity index (χ0v) is 9.69. The van der Waals surface area contributed by atoms with Crippen LogP contribution in [0.1, 0.15) is 33.6 Å². The molecule has 1 saturated heterocycles. The highest BCUT2D eigenvalue weighted by Crippen LogP contribution is 2.37. The standard InChI is InChI=1S/C11H20N2O2/c1-11(2,3)15-10(14)13-6-7-4-8(12)9(13)5-7/h7-9H,4-6,12H2,1-3H3. The van der Waals surface area contributed by atoms with Crippen molar-refractivity contribution < 1.29 is 9.53 Å². The van der Waals surface area contributed by atoms with Gasteiger partial charge in [-0.3, -0.25) is 0 Å². The summed E-state index contributed by atoms with van der Waals surface area (Å²) in [6.07, 6.45) is 1.91. The van der Waals surface area contributed by atoms with Crippen LogP contribution in [0.25, 0.3) is 0 Å². The van der Waals surface area contributed by atoms with Crippen LogP contribution in [0.2, 0.25) is 0 Å². The minimum Gasteiger partial charge on any atom is -0.444 e. The van der Waals surface area contributed by atoms with Gasteiger partial charge in [-0.25, -0.2) is 4.79 Å². The summed E-state index contributed by atoms with van der Waals surface area (Å²) >= 11 is 0. The van der Waals surface area contributed by atoms with E-state index in [1.165, 1.54) is 0 Å². The molecule has 1 aliphatic carbocycles. The highest BCUT2D eigenvalue weighted by atomic mass is 16.6. The fourth-order valence-electron chi connectivity index (χ4n) is 2.61. The van der Waals surface area contributed by atoms with E-state index >= 15 is 0 Å². The molecule has 3 unspecified atom stereocenters. The van der Waals surface area contributed by atoms with E-state index in [4.69, 9.17) is 10.5 Å². The van der Waals surface area contributed by atoms with Crippen molar-refractivity contribution in [1.29, 1.82) is 0 Å². The number of ether oxygens (including phenoxy) is 1. The molecule has 1 aliphatic heterocycles. The Morgan fingerprint density at radius 2 is 2.07 bits per heavy atom. The summed E-state index contributed by atoms with van der Waals surface area (Å²) in [4.78, 5) is 13.7. The second kappa shape index (κ2) is 3.37. The van der Waals surface area contributed by atoms with Gasteiger partial charge in [-0.05, 0) is 39.5 Å². The van der Waals surface area contributed by atoms with E-state index in [0.29, 0.717) is 5.92 Å². The molecule has 4 nitrogen and oxygen atoms in total. The van der Waals surface area contributed by atoms with E-state index in [9.17, 15) is 4.79 Å². The first-order valence-corrected chi connectivity index (χ1v) is 5.62. The molecule has 2 bridgehead atoms. The highest BCUT2D eigenvalue weighted by Gasteiger charge is 2.46. The van der Waals surface area contributed by atoms with Crippen molar-refractivity contribution in [3.63, 3.8) is 0 Å². The maximum Gasteiger partial charge on any atom is 0.410 e. The second-order valence-corrected chi connectivity index (χ2v) is 5.70. The van der Waals surface area contributed by atoms with Gasteiger partial charge < -0.3 is 15.4 Å². The summed E-state index contributed by atoms with van der Waals surface area (Å²) in [7, 11) is 0. The Balaban J connectivity index is 1.98. The summed E-state index contributed by atoms with van der Waals surface area (Å²) in [6, 6.07) is 0.362. The van der Waals surface area contributed by atoms with Gasteiger partial charge in [0.05, 0.1) is 6.04 Å². The largest absolute Gasteiger partial charge is 0.444 e. The Morgan fingerprint density at radius 1 is 1.40 bits per heavy atom. The molecular weight excluding hydrogens is 192 g/mol. The first-order valence-electron chi connectivity index (χ1n) is 5.62. The third-order valence-corrected chi connectivity index (χ3v) is 3.16. The lowest BCUT2D eigenvalue weighted by atomic mass is 10.1. The molecule has 0 radical (unpaired) electrons. The first-order chi connectivity index (χ1) is 6.87. The zero-order valence-electron chi connectivity index (χ0n) is 9.69. The lowest BCUT2D eigenvalue weighted by Gasteiger charge is -2.33. The summed E-state index contributed by atoms with van der Waals surface area (Å²) < 4.78 is 5.35. The number of fused-ring (bicyclic) bond motifs is 2. The van der Waals surface area contributed by atoms with E-state index in [0.717, 1.165) is 19.4 Å². The molecule has 1 heterocycles. The van der Waals surface area contributed by atoms with Crippen LogP contribution in [-0.4, -0.2) is 35.2 Å². The molecule has 2 aliphatic rings. The third-order valence-electron chi connectivity index (χ3n) is 3.16. The lowest BCUT2D eigenvalue weighted by molar-refractivity contribution is 0.0172. The molecule has 0 aromatic rings. The molecule has 0 spiro atoms. The van der Waals surface area contributed by atoms with E-state index in [1.54, 1.807) is 0 Å². The Bertz CT molecular complexity index is 272. The van der Waals surface area contributed by atoms with Gasteiger partial charge in [-0.15, -0.1) is 0 Å². The van der Waals surface area contributed by atoms with Gasteiger partial charge in [0.2, 0.25) is 0 Å². The summed E-state index contributed by atoms with van der Waals surface area (Å²) in [5, 5.41) is 0. The molecule has 0 aromatic carbocycles. The van der Waals surface area contributed by atoms with Crippen LogP contribution in [0.15, 0.2) is 0 Å². The van der Waals surface area contributed by atoms with Gasteiger partial charge in [0, 0.05) is 12.6 Å². The van der Waals surface area contributed by atoms with Crippen LogP contribution >= 0.6 is 0 Å². The SMILES string of the molecule is CC(C)(C)OC(=O)N1CC2CC(N)C1C2. The van der Waals surface area contributed by atoms with Crippen LogP contribution in [0.3, 0.4) is 0 Å². The normalized spacial score (nSPS) is 34.7. The third kappa shape index (κ3) is 2.09. The number of nitrogens with zero attached hydrogens (tertiary/aromatic N) is 1. The average Bonchev–Trinajstić information content (AvgIpc) is 2.58. The molecule has 86 valence electrons. The average molecular weight is 212 g/mol. The van der Waals surface area contributed by atoms with E-state index in [2.05, 4.69) is 0 Å². The number of amides is 1. The summed E-state index contributed by atoms with van der Waals surface area (Å²) in [5.74, 6) is 0.595. The van der Waals surface area contributed by atoms with Gasteiger partial charge in [0.25, 0.3) is 0 Å². The number of rotatable bonds is 0. The number of carbonyl (C=O) groups excluding carboxylic acids is 1. The Morgan fingerprint density at radius 3 is 2.53 bits per heavy atom. The predicted molar refractivity (Wildman–Crippen MR) is 57.4 cm³/mol. The zero-order chi connectivity index (χ0) is 11.2. The fourth-order valence-corrected chi connectivity index (χ4v) is 2.61. The molecule has 1 saturated carbocycles. The minimum absolute atomic E-state index is 0.149. The number of hydrogen-bond acceptors (Lipinski definition) is 3. The quantitative estimate of drug-likeness (QED) is 0.659. The van der Waals surface area contributed by atoms with Gasteiger partial charge >= 0.3 is 6.09 Å². The van der Waals surface area contributed by atoms with Gasteiger partial charge in [0.15, 0.2) is 0 Å². The number of piperidine rings is 1. The van der Waals surface area contributed by atoms with Crippen molar-refractivity contribution >= 4 is 6.09 Å². The molecule has 4 heteroatoms. The highest BCUT2D eigenvalue weighted by molar-refractivity contribution is 5.69. The summed E-state index contributed by atoms with van der Waals surface area (Å²) in [6.45, 7) is 6.49. The maximum absolute atomic E-state index is 11.8. The van der Waals surface area contributed by atoms with Crippen molar-refractivity contribution in [3.05, 3.63) is 0 Å². The van der Waals surface area contributed by atoms with E-state index in [-0.39, 0.29) is 18.2 Å². The van der Waals surface area contributed by atoms with Crippen molar-refractivity contribution in [2.75, 3.05) is 6.54 Å². The molecule has 3 atom stereocenters. The lowest BCUT2D eigenvalue weighted by Crippen LogP contribution is -2.49. The maximum atomic E-state index is 11.8. The number of hydrogen-bond donors (Lipinski definition) is 1. The molecular formula is C11H20N2O2. The van der Waals surface area contributed by atoms with Gasteiger partial charge in [-0.1, -0.05) is 0 Å². The van der Waals surface area contributed by atoms with Crippen LogP contribution < -0.4 is 5.73 Å². The number of carbonyl (C=O) groups is 1. The van der Waals surface area contributed by atoms with Crippen LogP contribution in [0.5, 0.6) is 0 Å². The van der Waals surface area contributed by atoms with E-state index < -0.39 is 5.60 Å². The number of nitrogens with two attached hydrogens (primary N) is 1. The topological polar surface area (TPSA) is 55.6 Å². The Kier molecular flexibility index (Phi) is 2.41. The van der Waals surface area contributed by atoms with E-state index in [1.807, 2.05) is 25.7 Å². The molecule has 0 aromatic heterocycles. The number of likely N-dealkylation sites (tertiary alicyclic amines) is 1. The molecule has 2 fully saturated rings. The van der Waals surface area contributed by atoms with Crippen LogP contribution in [-0.2, 0) is 4.74 Å². The van der Waals surface area contributed by atoms with Gasteiger partial charge in [-0.2, -0.15) is 0 Å². The molecule has 1 amide bonds. The Hall–Kier alpha value is -0.770. The van der Waals surface area contributed by atoms with Crippen LogP contribution in [0, 0.1) is 5.92 Å². The molecule has 2 rings (SSSR count). The second-order valence-electron chi connectivity index (χ2n) is 5.70. The first kappa shape index (κ1) is 10.7. The monoisotopic (exact) mass is 212 g/mol. The van der Waals surface area contributed by atoms with Crippen molar-refractivity contribution in [3.8, 4) is 0 Å². The van der Waals surface area contributed by atoms with Crippen molar-refractivity contribution in [1.82, 2.24) is 4.90 Å². The molecule has 2 N–H and O–H groups in total. The molecule has 15 heavy (non-hydrogen) atoms. The van der Waals surface area contributed by atoms with Crippen LogP contribution in [0.4, 0.5) is 4.79 Å². The summed E-state index contributed by atoms with van der Waals surface area (Å²) in [5.41, 5.74) is 5.55. The van der Waals surface area contributed by atoms with Crippen molar-refractivity contribution in [2.45, 2.75) is 51.3 Å². The fraction of sp³-hybridized carbons (Fsp3) is 0.909. The van der Waals surface area contributed by atoms with Crippen molar-refractivity contribution in [2.24, 2.45) is 11.7 Å². The smallest absolute Gasteiger partial charge is 0.410 e.